The number of carbonyl (C=O) groups excluding carboxylic acids is 1. The molecule has 0 rings (SSSR count). The van der Waals surface area contributed by atoms with E-state index in [-0.39, 0.29) is 11.7 Å². The Morgan fingerprint density at radius 2 is 2.17 bits per heavy atom. The monoisotopic (exact) mass is 259 g/mol. The Hall–Kier alpha value is -1.30. The SMILES string of the molecule is CCCC(C(=O)NCCOCC(C)C)C(N)=NO. The van der Waals surface area contributed by atoms with Crippen LogP contribution in [0.3, 0.4) is 0 Å². The minimum atomic E-state index is -0.565. The van der Waals surface area contributed by atoms with Gasteiger partial charge in [-0.25, -0.2) is 0 Å². The maximum absolute atomic E-state index is 11.8. The standard InChI is InChI=1S/C12H25N3O3/c1-4-5-10(11(13)15-17)12(16)14-6-7-18-8-9(2)3/h9-10,17H,4-8H2,1-3H3,(H2,13,15)(H,14,16). The number of nitrogens with two attached hydrogens (primary N) is 1. The molecule has 0 saturated carbocycles. The summed E-state index contributed by atoms with van der Waals surface area (Å²) in [4.78, 5) is 11.8. The summed E-state index contributed by atoms with van der Waals surface area (Å²) in [7, 11) is 0. The summed E-state index contributed by atoms with van der Waals surface area (Å²) in [5.41, 5.74) is 5.48. The van der Waals surface area contributed by atoms with Gasteiger partial charge in [0.15, 0.2) is 5.84 Å². The molecule has 0 aliphatic rings. The zero-order valence-electron chi connectivity index (χ0n) is 11.5. The molecule has 0 aromatic heterocycles. The summed E-state index contributed by atoms with van der Waals surface area (Å²) < 4.78 is 5.35. The van der Waals surface area contributed by atoms with E-state index >= 15 is 0 Å². The summed E-state index contributed by atoms with van der Waals surface area (Å²) in [6.07, 6.45) is 1.35. The molecule has 1 amide bonds. The predicted octanol–water partition coefficient (Wildman–Crippen LogP) is 0.938. The number of nitrogens with zero attached hydrogens (tertiary/aromatic N) is 1. The van der Waals surface area contributed by atoms with E-state index in [0.29, 0.717) is 32.1 Å². The lowest BCUT2D eigenvalue weighted by atomic mass is 10.0. The number of nitrogens with one attached hydrogen (secondary N) is 1. The van der Waals surface area contributed by atoms with Crippen LogP contribution in [-0.4, -0.2) is 36.7 Å². The fraction of sp³-hybridized carbons (Fsp3) is 0.833. The molecular weight excluding hydrogens is 234 g/mol. The molecule has 0 aromatic carbocycles. The Kier molecular flexibility index (Phi) is 9.00. The minimum Gasteiger partial charge on any atom is -0.409 e. The molecular formula is C12H25N3O3. The van der Waals surface area contributed by atoms with E-state index in [1.807, 2.05) is 6.92 Å². The highest BCUT2D eigenvalue weighted by atomic mass is 16.5. The van der Waals surface area contributed by atoms with Gasteiger partial charge in [0.2, 0.25) is 5.91 Å². The molecule has 0 fully saturated rings. The van der Waals surface area contributed by atoms with Gasteiger partial charge in [0.1, 0.15) is 0 Å². The molecule has 0 radical (unpaired) electrons. The first-order valence-electron chi connectivity index (χ1n) is 6.35. The average Bonchev–Trinajstić information content (AvgIpc) is 2.34. The first-order chi connectivity index (χ1) is 8.52. The Morgan fingerprint density at radius 3 is 2.67 bits per heavy atom. The van der Waals surface area contributed by atoms with Gasteiger partial charge in [0.05, 0.1) is 12.5 Å². The van der Waals surface area contributed by atoms with Gasteiger partial charge in [0.25, 0.3) is 0 Å². The van der Waals surface area contributed by atoms with Crippen LogP contribution in [0.25, 0.3) is 0 Å². The lowest BCUT2D eigenvalue weighted by Crippen LogP contribution is -2.40. The normalized spacial score (nSPS) is 13.7. The quantitative estimate of drug-likeness (QED) is 0.189. The molecule has 106 valence electrons. The molecule has 0 spiro atoms. The van der Waals surface area contributed by atoms with Gasteiger partial charge in [-0.1, -0.05) is 32.3 Å². The summed E-state index contributed by atoms with van der Waals surface area (Å²) in [5, 5.41) is 14.2. The number of hydrogen-bond donors (Lipinski definition) is 3. The number of ether oxygens (including phenoxy) is 1. The Morgan fingerprint density at radius 1 is 1.50 bits per heavy atom. The Balaban J connectivity index is 3.96. The fourth-order valence-electron chi connectivity index (χ4n) is 1.46. The number of rotatable bonds is 9. The summed E-state index contributed by atoms with van der Waals surface area (Å²) in [6, 6.07) is 0. The number of amidine groups is 1. The van der Waals surface area contributed by atoms with Crippen LogP contribution in [0.15, 0.2) is 5.16 Å². The van der Waals surface area contributed by atoms with Gasteiger partial charge in [-0.15, -0.1) is 0 Å². The van der Waals surface area contributed by atoms with Crippen LogP contribution in [-0.2, 0) is 9.53 Å². The van der Waals surface area contributed by atoms with Crippen molar-refractivity contribution in [3.8, 4) is 0 Å². The van der Waals surface area contributed by atoms with Crippen molar-refractivity contribution < 1.29 is 14.7 Å². The second-order valence-corrected chi connectivity index (χ2v) is 4.63. The maximum Gasteiger partial charge on any atom is 0.230 e. The second kappa shape index (κ2) is 9.70. The third-order valence-corrected chi connectivity index (χ3v) is 2.36. The first-order valence-corrected chi connectivity index (χ1v) is 6.35. The highest BCUT2D eigenvalue weighted by Gasteiger charge is 2.21. The summed E-state index contributed by atoms with van der Waals surface area (Å²) in [6.45, 7) is 7.65. The molecule has 4 N–H and O–H groups in total. The van der Waals surface area contributed by atoms with Crippen LogP contribution in [0.2, 0.25) is 0 Å². The molecule has 0 aliphatic carbocycles. The molecule has 0 heterocycles. The summed E-state index contributed by atoms with van der Waals surface area (Å²) >= 11 is 0. The fourth-order valence-corrected chi connectivity index (χ4v) is 1.46. The molecule has 0 bridgehead atoms. The van der Waals surface area contributed by atoms with E-state index in [2.05, 4.69) is 24.3 Å². The average molecular weight is 259 g/mol. The zero-order chi connectivity index (χ0) is 14.0. The van der Waals surface area contributed by atoms with Crippen molar-refractivity contribution in [2.45, 2.75) is 33.6 Å². The lowest BCUT2D eigenvalue weighted by Gasteiger charge is -2.14. The third kappa shape index (κ3) is 7.11. The van der Waals surface area contributed by atoms with Gasteiger partial charge >= 0.3 is 0 Å². The minimum absolute atomic E-state index is 0.0440. The topological polar surface area (TPSA) is 96.9 Å². The highest BCUT2D eigenvalue weighted by molar-refractivity contribution is 6.01. The zero-order valence-corrected chi connectivity index (χ0v) is 11.5. The molecule has 18 heavy (non-hydrogen) atoms. The van der Waals surface area contributed by atoms with Gasteiger partial charge in [-0.2, -0.15) is 0 Å². The molecule has 6 heteroatoms. The van der Waals surface area contributed by atoms with Crippen LogP contribution in [0.4, 0.5) is 0 Å². The number of hydrogen-bond acceptors (Lipinski definition) is 4. The Bertz CT molecular complexity index is 267. The summed E-state index contributed by atoms with van der Waals surface area (Å²) in [5.74, 6) is -0.353. The smallest absolute Gasteiger partial charge is 0.230 e. The Labute approximate surface area is 109 Å². The van der Waals surface area contributed by atoms with Crippen LogP contribution in [0, 0.1) is 11.8 Å². The van der Waals surface area contributed by atoms with Crippen molar-refractivity contribution >= 4 is 11.7 Å². The maximum atomic E-state index is 11.8. The van der Waals surface area contributed by atoms with E-state index < -0.39 is 5.92 Å². The van der Waals surface area contributed by atoms with Gasteiger partial charge in [0, 0.05) is 13.2 Å². The third-order valence-electron chi connectivity index (χ3n) is 2.36. The van der Waals surface area contributed by atoms with Crippen molar-refractivity contribution in [3.63, 3.8) is 0 Å². The molecule has 0 saturated heterocycles. The van der Waals surface area contributed by atoms with Gasteiger partial charge in [-0.3, -0.25) is 4.79 Å². The van der Waals surface area contributed by atoms with E-state index in [9.17, 15) is 4.79 Å². The number of oxime groups is 1. The second-order valence-electron chi connectivity index (χ2n) is 4.63. The van der Waals surface area contributed by atoms with Crippen LogP contribution < -0.4 is 11.1 Å². The predicted molar refractivity (Wildman–Crippen MR) is 70.5 cm³/mol. The van der Waals surface area contributed by atoms with Gasteiger partial charge in [-0.05, 0) is 12.3 Å². The van der Waals surface area contributed by atoms with Crippen molar-refractivity contribution in [2.75, 3.05) is 19.8 Å². The van der Waals surface area contributed by atoms with Crippen molar-refractivity contribution in [1.29, 1.82) is 0 Å². The molecule has 1 unspecified atom stereocenters. The molecule has 0 aliphatic heterocycles. The number of amides is 1. The van der Waals surface area contributed by atoms with E-state index in [4.69, 9.17) is 15.7 Å². The first kappa shape index (κ1) is 16.7. The highest BCUT2D eigenvalue weighted by Crippen LogP contribution is 2.06. The van der Waals surface area contributed by atoms with E-state index in [0.717, 1.165) is 6.42 Å². The number of carbonyl (C=O) groups is 1. The lowest BCUT2D eigenvalue weighted by molar-refractivity contribution is -0.123. The molecule has 1 atom stereocenters. The largest absolute Gasteiger partial charge is 0.409 e. The van der Waals surface area contributed by atoms with Crippen LogP contribution >= 0.6 is 0 Å². The van der Waals surface area contributed by atoms with Crippen molar-refractivity contribution in [3.05, 3.63) is 0 Å². The van der Waals surface area contributed by atoms with Crippen molar-refractivity contribution in [1.82, 2.24) is 5.32 Å². The molecule has 6 nitrogen and oxygen atoms in total. The van der Waals surface area contributed by atoms with Crippen LogP contribution in [0.5, 0.6) is 0 Å². The van der Waals surface area contributed by atoms with E-state index in [1.54, 1.807) is 0 Å². The van der Waals surface area contributed by atoms with Crippen LogP contribution in [0.1, 0.15) is 33.6 Å². The van der Waals surface area contributed by atoms with Gasteiger partial charge < -0.3 is 21.0 Å². The molecule has 0 aromatic rings. The van der Waals surface area contributed by atoms with E-state index in [1.165, 1.54) is 0 Å². The van der Waals surface area contributed by atoms with Crippen molar-refractivity contribution in [2.24, 2.45) is 22.7 Å².